The van der Waals surface area contributed by atoms with Crippen LogP contribution in [-0.2, 0) is 8.85 Å². The zero-order chi connectivity index (χ0) is 21.2. The normalized spacial score (nSPS) is 33.1. The van der Waals surface area contributed by atoms with Crippen molar-refractivity contribution in [3.8, 4) is 0 Å². The maximum absolute atomic E-state index is 6.98. The second-order valence-corrected chi connectivity index (χ2v) is 20.2. The second kappa shape index (κ2) is 9.91. The Morgan fingerprint density at radius 3 is 1.04 bits per heavy atom. The molecule has 1 rings (SSSR count). The fraction of sp³-hybridized carbons (Fsp3) is 1.00. The van der Waals surface area contributed by atoms with Crippen molar-refractivity contribution in [3.05, 3.63) is 0 Å². The number of hydrogen-bond acceptors (Lipinski definition) is 2. The molecule has 162 valence electrons. The van der Waals surface area contributed by atoms with Crippen LogP contribution in [0, 0.1) is 35.5 Å². The lowest BCUT2D eigenvalue weighted by atomic mass is 9.69. The van der Waals surface area contributed by atoms with Crippen LogP contribution < -0.4 is 0 Å². The topological polar surface area (TPSA) is 18.5 Å². The van der Waals surface area contributed by atoms with Gasteiger partial charge in [0.05, 0.1) is 12.2 Å². The summed E-state index contributed by atoms with van der Waals surface area (Å²) in [5, 5.41) is 0. The van der Waals surface area contributed by atoms with Gasteiger partial charge >= 0.3 is 0 Å². The summed E-state index contributed by atoms with van der Waals surface area (Å²) in [5.74, 6) is 4.06. The van der Waals surface area contributed by atoms with Crippen LogP contribution in [0.1, 0.15) is 60.8 Å². The fourth-order valence-electron chi connectivity index (χ4n) is 5.22. The lowest BCUT2D eigenvalue weighted by molar-refractivity contribution is 0.00872. The van der Waals surface area contributed by atoms with Gasteiger partial charge in [-0.1, -0.05) is 60.8 Å². The van der Waals surface area contributed by atoms with Gasteiger partial charge in [-0.2, -0.15) is 0 Å². The summed E-state index contributed by atoms with van der Waals surface area (Å²) in [6.07, 6.45) is 4.27. The van der Waals surface area contributed by atoms with E-state index in [1.165, 1.54) is 19.3 Å². The highest BCUT2D eigenvalue weighted by atomic mass is 28.4. The molecule has 0 saturated heterocycles. The predicted octanol–water partition coefficient (Wildman–Crippen LogP) is 7.43. The van der Waals surface area contributed by atoms with Crippen LogP contribution in [0.4, 0.5) is 0 Å². The van der Waals surface area contributed by atoms with Gasteiger partial charge in [0.1, 0.15) is 0 Å². The van der Waals surface area contributed by atoms with Crippen LogP contribution in [0.2, 0.25) is 39.3 Å². The lowest BCUT2D eigenvalue weighted by Crippen LogP contribution is -2.47. The van der Waals surface area contributed by atoms with Gasteiger partial charge in [0, 0.05) is 0 Å². The summed E-state index contributed by atoms with van der Waals surface area (Å²) in [4.78, 5) is 0. The third-order valence-corrected chi connectivity index (χ3v) is 8.81. The predicted molar refractivity (Wildman–Crippen MR) is 125 cm³/mol. The lowest BCUT2D eigenvalue weighted by Gasteiger charge is -2.38. The molecule has 1 fully saturated rings. The molecule has 0 bridgehead atoms. The van der Waals surface area contributed by atoms with Gasteiger partial charge in [0.2, 0.25) is 0 Å². The van der Waals surface area contributed by atoms with E-state index in [1.54, 1.807) is 0 Å². The van der Waals surface area contributed by atoms with E-state index in [2.05, 4.69) is 80.8 Å². The molecule has 0 spiro atoms. The monoisotopic (exact) mass is 414 g/mol. The first-order chi connectivity index (χ1) is 12.3. The Labute approximate surface area is 173 Å². The molecule has 1 aliphatic carbocycles. The summed E-state index contributed by atoms with van der Waals surface area (Å²) < 4.78 is 14.0. The van der Waals surface area contributed by atoms with Gasteiger partial charge in [0.15, 0.2) is 16.6 Å². The molecule has 0 aromatic heterocycles. The highest BCUT2D eigenvalue weighted by molar-refractivity contribution is 6.70. The van der Waals surface area contributed by atoms with Crippen LogP contribution in [0.25, 0.3) is 0 Å². The molecule has 0 aromatic rings. The number of hydrogen-bond donors (Lipinski definition) is 0. The van der Waals surface area contributed by atoms with Crippen molar-refractivity contribution in [2.24, 2.45) is 35.5 Å². The van der Waals surface area contributed by atoms with Crippen LogP contribution in [0.15, 0.2) is 0 Å². The van der Waals surface area contributed by atoms with Gasteiger partial charge in [-0.05, 0) is 74.8 Å². The number of rotatable bonds is 10. The van der Waals surface area contributed by atoms with Crippen molar-refractivity contribution in [3.63, 3.8) is 0 Å². The minimum atomic E-state index is -1.65. The van der Waals surface area contributed by atoms with E-state index in [0.717, 1.165) is 5.92 Å². The van der Waals surface area contributed by atoms with Gasteiger partial charge in [0.25, 0.3) is 0 Å². The molecule has 0 heterocycles. The van der Waals surface area contributed by atoms with E-state index in [4.69, 9.17) is 8.85 Å². The molecule has 27 heavy (non-hydrogen) atoms. The fourth-order valence-corrected chi connectivity index (χ4v) is 7.44. The molecule has 7 atom stereocenters. The maximum atomic E-state index is 6.98. The van der Waals surface area contributed by atoms with E-state index >= 15 is 0 Å². The first-order valence-electron chi connectivity index (χ1n) is 11.6. The Morgan fingerprint density at radius 2 is 0.815 bits per heavy atom. The molecule has 0 aromatic carbocycles. The average molecular weight is 415 g/mol. The summed E-state index contributed by atoms with van der Waals surface area (Å²) in [6.45, 7) is 28.6. The average Bonchev–Trinajstić information content (AvgIpc) is 2.83. The molecule has 1 aliphatic rings. The molecule has 0 aliphatic heterocycles. The Kier molecular flexibility index (Phi) is 9.32. The Hall–Kier alpha value is 0.354. The highest BCUT2D eigenvalue weighted by Gasteiger charge is 2.56. The van der Waals surface area contributed by atoms with Gasteiger partial charge in [-0.25, -0.2) is 0 Å². The van der Waals surface area contributed by atoms with E-state index in [1.807, 2.05) is 0 Å². The Morgan fingerprint density at radius 1 is 0.556 bits per heavy atom. The smallest absolute Gasteiger partial charge is 0.184 e. The maximum Gasteiger partial charge on any atom is 0.184 e. The molecule has 0 N–H and O–H groups in total. The minimum Gasteiger partial charge on any atom is -0.412 e. The van der Waals surface area contributed by atoms with Crippen LogP contribution >= 0.6 is 0 Å². The first kappa shape index (κ1) is 25.4. The van der Waals surface area contributed by atoms with E-state index < -0.39 is 16.6 Å². The van der Waals surface area contributed by atoms with Gasteiger partial charge < -0.3 is 8.85 Å². The molecule has 7 unspecified atom stereocenters. The summed E-state index contributed by atoms with van der Waals surface area (Å²) in [5.41, 5.74) is 0. The molecule has 2 nitrogen and oxygen atoms in total. The summed E-state index contributed by atoms with van der Waals surface area (Å²) in [7, 11) is -3.31. The first-order valence-corrected chi connectivity index (χ1v) is 18.4. The molecule has 1 saturated carbocycles. The van der Waals surface area contributed by atoms with Gasteiger partial charge in [-0.3, -0.25) is 0 Å². The zero-order valence-corrected chi connectivity index (χ0v) is 22.6. The van der Waals surface area contributed by atoms with Crippen molar-refractivity contribution >= 4 is 16.6 Å². The van der Waals surface area contributed by atoms with Crippen molar-refractivity contribution in [1.82, 2.24) is 0 Å². The quantitative estimate of drug-likeness (QED) is 0.346. The zero-order valence-electron chi connectivity index (χ0n) is 20.6. The van der Waals surface area contributed by atoms with Crippen LogP contribution in [0.5, 0.6) is 0 Å². The standard InChI is InChI=1S/C23H50O2Si2/c1-13-16(4)19-20(17(5)14-2)22(24-26(7,8)9)23(25-27(10,11)12)21(19)18(6)15-3/h16-23H,13-15H2,1-12H3. The largest absolute Gasteiger partial charge is 0.412 e. The SMILES string of the molecule is CCC(C)C1C(O[Si](C)(C)C)C(O[Si](C)(C)C)C(C(C)CC)C1C(C)CC. The van der Waals surface area contributed by atoms with E-state index in [-0.39, 0.29) is 12.2 Å². The Bertz CT molecular complexity index is 405. The van der Waals surface area contributed by atoms with Crippen molar-refractivity contribution in [1.29, 1.82) is 0 Å². The molecular formula is C23H50O2Si2. The van der Waals surface area contributed by atoms with Crippen molar-refractivity contribution < 1.29 is 8.85 Å². The second-order valence-electron chi connectivity index (χ2n) is 11.3. The van der Waals surface area contributed by atoms with Gasteiger partial charge in [-0.15, -0.1) is 0 Å². The summed E-state index contributed by atoms with van der Waals surface area (Å²) in [6, 6.07) is 0. The van der Waals surface area contributed by atoms with Crippen LogP contribution in [-0.4, -0.2) is 28.8 Å². The van der Waals surface area contributed by atoms with Crippen LogP contribution in [0.3, 0.4) is 0 Å². The third kappa shape index (κ3) is 6.69. The van der Waals surface area contributed by atoms with E-state index in [9.17, 15) is 0 Å². The Balaban J connectivity index is 3.52. The third-order valence-electron chi connectivity index (χ3n) is 6.85. The summed E-state index contributed by atoms with van der Waals surface area (Å²) >= 11 is 0. The molecule has 0 amide bonds. The van der Waals surface area contributed by atoms with Crippen molar-refractivity contribution in [2.75, 3.05) is 0 Å². The molecule has 0 radical (unpaired) electrons. The van der Waals surface area contributed by atoms with E-state index in [0.29, 0.717) is 29.6 Å². The van der Waals surface area contributed by atoms with Crippen molar-refractivity contribution in [2.45, 2.75) is 112 Å². The molecule has 4 heteroatoms. The minimum absolute atomic E-state index is 0.274. The highest BCUT2D eigenvalue weighted by Crippen LogP contribution is 2.53. The molecular weight excluding hydrogens is 364 g/mol.